The van der Waals surface area contributed by atoms with Crippen LogP contribution in [0.25, 0.3) is 0 Å². The third-order valence-electron chi connectivity index (χ3n) is 5.65. The van der Waals surface area contributed by atoms with Crippen molar-refractivity contribution in [2.24, 2.45) is 11.8 Å². The topological polar surface area (TPSA) is 78.7 Å². The molecule has 0 unspecified atom stereocenters. The second-order valence-electron chi connectivity index (χ2n) is 7.17. The van der Waals surface area contributed by atoms with Gasteiger partial charge in [0.25, 0.3) is 0 Å². The summed E-state index contributed by atoms with van der Waals surface area (Å²) in [6.07, 6.45) is 6.73. The highest BCUT2D eigenvalue weighted by atomic mass is 16.4. The van der Waals surface area contributed by atoms with Gasteiger partial charge in [-0.1, -0.05) is 12.2 Å². The minimum atomic E-state index is -0.866. The van der Waals surface area contributed by atoms with Crippen LogP contribution in [-0.4, -0.2) is 62.7 Å². The monoisotopic (exact) mass is 360 g/mol. The Morgan fingerprint density at radius 3 is 2.38 bits per heavy atom. The predicted molar refractivity (Wildman–Crippen MR) is 97.5 cm³/mol. The largest absolute Gasteiger partial charge is 0.481 e. The molecule has 7 nitrogen and oxygen atoms in total. The van der Waals surface area contributed by atoms with Gasteiger partial charge in [-0.25, -0.2) is 0 Å². The Hall–Kier alpha value is -2.15. The van der Waals surface area contributed by atoms with Crippen molar-refractivity contribution in [1.29, 1.82) is 0 Å². The molecule has 0 bridgehead atoms. The summed E-state index contributed by atoms with van der Waals surface area (Å²) in [5.41, 5.74) is 2.43. The van der Waals surface area contributed by atoms with Crippen molar-refractivity contribution < 1.29 is 14.7 Å². The van der Waals surface area contributed by atoms with Crippen molar-refractivity contribution in [3.8, 4) is 0 Å². The molecule has 2 aliphatic rings. The highest BCUT2D eigenvalue weighted by Crippen LogP contribution is 2.28. The zero-order valence-electron chi connectivity index (χ0n) is 15.6. The van der Waals surface area contributed by atoms with Gasteiger partial charge in [0, 0.05) is 50.5 Å². The summed E-state index contributed by atoms with van der Waals surface area (Å²) >= 11 is 0. The lowest BCUT2D eigenvalue weighted by Gasteiger charge is -2.37. The number of allylic oxidation sites excluding steroid dienone is 2. The van der Waals surface area contributed by atoms with Crippen LogP contribution in [0.2, 0.25) is 0 Å². The smallest absolute Gasteiger partial charge is 0.307 e. The van der Waals surface area contributed by atoms with E-state index in [9.17, 15) is 14.7 Å². The van der Waals surface area contributed by atoms with Gasteiger partial charge in [-0.15, -0.1) is 0 Å². The zero-order valence-corrected chi connectivity index (χ0v) is 15.6. The number of aryl methyl sites for hydroxylation is 1. The molecule has 0 saturated carbocycles. The molecule has 0 spiro atoms. The number of carbonyl (C=O) groups excluding carboxylic acids is 1. The van der Waals surface area contributed by atoms with Gasteiger partial charge in [0.2, 0.25) is 5.91 Å². The molecule has 1 aromatic heterocycles. The standard InChI is InChI=1S/C19H28N4O3/c1-3-23-14(2)15(12-20-23)13-21-8-10-22(11-9-21)18(24)16-6-4-5-7-17(16)19(25)26/h4-5,12,16-17H,3,6-11,13H2,1-2H3,(H,25,26)/t16-,17-/m1/s1. The molecule has 2 heterocycles. The Labute approximate surface area is 154 Å². The van der Waals surface area contributed by atoms with Crippen molar-refractivity contribution >= 4 is 11.9 Å². The lowest BCUT2D eigenvalue weighted by molar-refractivity contribution is -0.151. The quantitative estimate of drug-likeness (QED) is 0.806. The van der Waals surface area contributed by atoms with Crippen LogP contribution < -0.4 is 0 Å². The molecule has 1 aliphatic heterocycles. The second kappa shape index (κ2) is 8.03. The predicted octanol–water partition coefficient (Wildman–Crippen LogP) is 1.52. The Balaban J connectivity index is 1.56. The van der Waals surface area contributed by atoms with Gasteiger partial charge in [-0.3, -0.25) is 19.2 Å². The van der Waals surface area contributed by atoms with Crippen molar-refractivity contribution in [2.75, 3.05) is 26.2 Å². The average molecular weight is 360 g/mol. The van der Waals surface area contributed by atoms with Crippen LogP contribution in [0, 0.1) is 18.8 Å². The fraction of sp³-hybridized carbons (Fsp3) is 0.632. The highest BCUT2D eigenvalue weighted by Gasteiger charge is 2.37. The molecule has 1 aliphatic carbocycles. The first-order valence-electron chi connectivity index (χ1n) is 9.41. The Kier molecular flexibility index (Phi) is 5.76. The molecule has 1 fully saturated rings. The molecule has 1 saturated heterocycles. The SMILES string of the molecule is CCn1ncc(CN2CCN(C(=O)[C@@H]3CC=CC[C@H]3C(=O)O)CC2)c1C. The van der Waals surface area contributed by atoms with Crippen LogP contribution in [0.5, 0.6) is 0 Å². The summed E-state index contributed by atoms with van der Waals surface area (Å²) in [6.45, 7) is 8.82. The summed E-state index contributed by atoms with van der Waals surface area (Å²) in [5, 5.41) is 13.8. The Bertz CT molecular complexity index is 689. The lowest BCUT2D eigenvalue weighted by Crippen LogP contribution is -2.51. The van der Waals surface area contributed by atoms with Crippen LogP contribution in [0.1, 0.15) is 31.0 Å². The lowest BCUT2D eigenvalue weighted by atomic mass is 9.82. The van der Waals surface area contributed by atoms with E-state index in [4.69, 9.17) is 0 Å². The Morgan fingerprint density at radius 2 is 1.81 bits per heavy atom. The zero-order chi connectivity index (χ0) is 18.7. The number of amides is 1. The number of carbonyl (C=O) groups is 2. The number of piperazine rings is 1. The van der Waals surface area contributed by atoms with Crippen LogP contribution in [0.3, 0.4) is 0 Å². The second-order valence-corrected chi connectivity index (χ2v) is 7.17. The number of rotatable bonds is 5. The van der Waals surface area contributed by atoms with Gasteiger partial charge in [-0.05, 0) is 26.7 Å². The first-order valence-corrected chi connectivity index (χ1v) is 9.41. The van der Waals surface area contributed by atoms with Gasteiger partial charge in [-0.2, -0.15) is 5.10 Å². The molecule has 1 aromatic rings. The van der Waals surface area contributed by atoms with Crippen LogP contribution >= 0.6 is 0 Å². The van der Waals surface area contributed by atoms with Crippen molar-refractivity contribution in [3.63, 3.8) is 0 Å². The molecule has 1 amide bonds. The number of carboxylic acids is 1. The van der Waals surface area contributed by atoms with E-state index in [2.05, 4.69) is 23.8 Å². The average Bonchev–Trinajstić information content (AvgIpc) is 3.01. The first-order chi connectivity index (χ1) is 12.5. The summed E-state index contributed by atoms with van der Waals surface area (Å²) in [6, 6.07) is 0. The van der Waals surface area contributed by atoms with Gasteiger partial charge in [0.05, 0.1) is 18.0 Å². The van der Waals surface area contributed by atoms with E-state index in [1.165, 1.54) is 11.3 Å². The van der Waals surface area contributed by atoms with E-state index in [1.807, 2.05) is 27.9 Å². The summed E-state index contributed by atoms with van der Waals surface area (Å²) < 4.78 is 2.00. The van der Waals surface area contributed by atoms with Gasteiger partial charge in [0.1, 0.15) is 0 Å². The van der Waals surface area contributed by atoms with Crippen molar-refractivity contribution in [2.45, 2.75) is 39.8 Å². The van der Waals surface area contributed by atoms with E-state index >= 15 is 0 Å². The number of hydrogen-bond acceptors (Lipinski definition) is 4. The molecule has 1 N–H and O–H groups in total. The molecule has 142 valence electrons. The first kappa shape index (κ1) is 18.6. The van der Waals surface area contributed by atoms with Crippen LogP contribution in [0.4, 0.5) is 0 Å². The number of hydrogen-bond donors (Lipinski definition) is 1. The molecule has 0 radical (unpaired) electrons. The van der Waals surface area contributed by atoms with E-state index < -0.39 is 17.8 Å². The molecule has 2 atom stereocenters. The normalized spacial score (nSPS) is 24.0. The minimum absolute atomic E-state index is 0.00335. The highest BCUT2D eigenvalue weighted by molar-refractivity contribution is 5.85. The van der Waals surface area contributed by atoms with E-state index in [0.717, 1.165) is 26.2 Å². The molecular weight excluding hydrogens is 332 g/mol. The van der Waals surface area contributed by atoms with Crippen molar-refractivity contribution in [3.05, 3.63) is 29.6 Å². The molecule has 7 heteroatoms. The number of aliphatic carboxylic acids is 1. The molecular formula is C19H28N4O3. The fourth-order valence-electron chi connectivity index (χ4n) is 3.92. The summed E-state index contributed by atoms with van der Waals surface area (Å²) in [4.78, 5) is 28.5. The van der Waals surface area contributed by atoms with Crippen molar-refractivity contribution in [1.82, 2.24) is 19.6 Å². The van der Waals surface area contributed by atoms with Crippen LogP contribution in [-0.2, 0) is 22.7 Å². The van der Waals surface area contributed by atoms with E-state index in [1.54, 1.807) is 0 Å². The summed E-state index contributed by atoms with van der Waals surface area (Å²) in [7, 11) is 0. The fourth-order valence-corrected chi connectivity index (χ4v) is 3.92. The van der Waals surface area contributed by atoms with Gasteiger partial charge in [0.15, 0.2) is 0 Å². The van der Waals surface area contributed by atoms with Gasteiger partial charge < -0.3 is 10.0 Å². The van der Waals surface area contributed by atoms with Crippen LogP contribution in [0.15, 0.2) is 18.3 Å². The third kappa shape index (κ3) is 3.82. The maximum Gasteiger partial charge on any atom is 0.307 e. The number of aromatic nitrogens is 2. The maximum atomic E-state index is 12.8. The third-order valence-corrected chi connectivity index (χ3v) is 5.65. The number of nitrogens with zero attached hydrogens (tertiary/aromatic N) is 4. The minimum Gasteiger partial charge on any atom is -0.481 e. The molecule has 26 heavy (non-hydrogen) atoms. The molecule has 0 aromatic carbocycles. The van der Waals surface area contributed by atoms with Gasteiger partial charge >= 0.3 is 5.97 Å². The number of carboxylic acid groups (broad SMARTS) is 1. The molecule has 3 rings (SSSR count). The maximum absolute atomic E-state index is 12.8. The summed E-state index contributed by atoms with van der Waals surface area (Å²) in [5.74, 6) is -1.88. The Morgan fingerprint density at radius 1 is 1.15 bits per heavy atom. The van der Waals surface area contributed by atoms with E-state index in [-0.39, 0.29) is 5.91 Å². The van der Waals surface area contributed by atoms with E-state index in [0.29, 0.717) is 25.9 Å².